The summed E-state index contributed by atoms with van der Waals surface area (Å²) < 4.78 is 0. The van der Waals surface area contributed by atoms with Crippen molar-refractivity contribution in [2.45, 2.75) is 39.5 Å². The highest BCUT2D eigenvalue weighted by Crippen LogP contribution is 2.36. The van der Waals surface area contributed by atoms with E-state index in [2.05, 4.69) is 13.8 Å². The Kier molecular flexibility index (Phi) is 3.75. The van der Waals surface area contributed by atoms with Gasteiger partial charge in [0.15, 0.2) is 0 Å². The Labute approximate surface area is 108 Å². The first kappa shape index (κ1) is 12.7. The van der Waals surface area contributed by atoms with E-state index in [1.165, 1.54) is 0 Å². The molecule has 0 aromatic heterocycles. The maximum atomic E-state index is 10.2. The van der Waals surface area contributed by atoms with Gasteiger partial charge >= 0.3 is 0 Å². The normalized spacial score (nSPS) is 11.0. The monoisotopic (exact) mass is 244 g/mol. The average Bonchev–Trinajstić information content (AvgIpc) is 2.37. The Bertz CT molecular complexity index is 507. The van der Waals surface area contributed by atoms with Crippen molar-refractivity contribution in [2.75, 3.05) is 0 Å². The molecular formula is C16H20O2. The number of fused-ring (bicyclic) bond motifs is 1. The molecule has 2 aromatic carbocycles. The molecule has 2 heteroatoms. The number of hydrogen-bond donors (Lipinski definition) is 2. The lowest BCUT2D eigenvalue weighted by molar-refractivity contribution is 0.467. The lowest BCUT2D eigenvalue weighted by Crippen LogP contribution is -1.89. The van der Waals surface area contributed by atoms with Crippen molar-refractivity contribution in [2.24, 2.45) is 0 Å². The number of hydrogen-bond acceptors (Lipinski definition) is 2. The van der Waals surface area contributed by atoms with Crippen molar-refractivity contribution in [3.63, 3.8) is 0 Å². The molecule has 0 spiro atoms. The van der Waals surface area contributed by atoms with Crippen LogP contribution in [-0.2, 0) is 12.8 Å². The van der Waals surface area contributed by atoms with E-state index >= 15 is 0 Å². The molecule has 18 heavy (non-hydrogen) atoms. The number of phenols is 2. The average molecular weight is 244 g/mol. The molecule has 0 saturated carbocycles. The molecule has 0 heterocycles. The van der Waals surface area contributed by atoms with Gasteiger partial charge in [-0.3, -0.25) is 0 Å². The topological polar surface area (TPSA) is 40.5 Å². The van der Waals surface area contributed by atoms with E-state index in [4.69, 9.17) is 0 Å². The van der Waals surface area contributed by atoms with Crippen LogP contribution in [0.1, 0.15) is 37.8 Å². The largest absolute Gasteiger partial charge is 0.507 e. The van der Waals surface area contributed by atoms with Crippen LogP contribution in [0.15, 0.2) is 24.3 Å². The van der Waals surface area contributed by atoms with E-state index in [1.807, 2.05) is 24.3 Å². The minimum absolute atomic E-state index is 0.313. The summed E-state index contributed by atoms with van der Waals surface area (Å²) in [5, 5.41) is 21.9. The van der Waals surface area contributed by atoms with Gasteiger partial charge in [-0.25, -0.2) is 0 Å². The molecule has 96 valence electrons. The van der Waals surface area contributed by atoms with Crippen molar-refractivity contribution in [3.8, 4) is 11.5 Å². The maximum Gasteiger partial charge on any atom is 0.126 e. The van der Waals surface area contributed by atoms with Gasteiger partial charge in [-0.05, 0) is 24.0 Å². The molecule has 0 unspecified atom stereocenters. The fraction of sp³-hybridized carbons (Fsp3) is 0.375. The molecule has 0 fully saturated rings. The summed E-state index contributed by atoms with van der Waals surface area (Å²) in [6.07, 6.45) is 3.72. The van der Waals surface area contributed by atoms with Gasteiger partial charge in [0, 0.05) is 10.8 Å². The second-order valence-corrected chi connectivity index (χ2v) is 4.74. The van der Waals surface area contributed by atoms with Crippen molar-refractivity contribution in [1.82, 2.24) is 0 Å². The molecule has 2 N–H and O–H groups in total. The number of rotatable bonds is 4. The molecular weight excluding hydrogens is 224 g/mol. The van der Waals surface area contributed by atoms with Gasteiger partial charge in [-0.1, -0.05) is 51.0 Å². The quantitative estimate of drug-likeness (QED) is 0.848. The first-order valence-corrected chi connectivity index (χ1v) is 6.64. The van der Waals surface area contributed by atoms with Gasteiger partial charge in [-0.15, -0.1) is 0 Å². The summed E-state index contributed by atoms with van der Waals surface area (Å²) in [4.78, 5) is 0. The summed E-state index contributed by atoms with van der Waals surface area (Å²) >= 11 is 0. The molecule has 0 aliphatic heterocycles. The Hall–Kier alpha value is -1.70. The predicted octanol–water partition coefficient (Wildman–Crippen LogP) is 4.16. The minimum atomic E-state index is 0.313. The van der Waals surface area contributed by atoms with Crippen LogP contribution in [0.2, 0.25) is 0 Å². The van der Waals surface area contributed by atoms with Crippen molar-refractivity contribution in [3.05, 3.63) is 35.4 Å². The highest BCUT2D eigenvalue weighted by atomic mass is 16.3. The van der Waals surface area contributed by atoms with Gasteiger partial charge in [0.05, 0.1) is 0 Å². The van der Waals surface area contributed by atoms with Crippen LogP contribution in [0.3, 0.4) is 0 Å². The van der Waals surface area contributed by atoms with Crippen LogP contribution in [0, 0.1) is 0 Å². The first-order chi connectivity index (χ1) is 8.69. The molecule has 2 nitrogen and oxygen atoms in total. The van der Waals surface area contributed by atoms with Crippen LogP contribution in [-0.4, -0.2) is 10.2 Å². The molecule has 0 atom stereocenters. The summed E-state index contributed by atoms with van der Waals surface area (Å²) in [6, 6.07) is 7.65. The highest BCUT2D eigenvalue weighted by molar-refractivity contribution is 5.94. The summed E-state index contributed by atoms with van der Waals surface area (Å²) in [6.45, 7) is 4.18. The molecule has 0 radical (unpaired) electrons. The summed E-state index contributed by atoms with van der Waals surface area (Å²) in [5.41, 5.74) is 1.90. The minimum Gasteiger partial charge on any atom is -0.507 e. The number of aromatic hydroxyl groups is 2. The molecule has 0 aliphatic carbocycles. The lowest BCUT2D eigenvalue weighted by atomic mass is 9.98. The third-order valence-electron chi connectivity index (χ3n) is 3.35. The smallest absolute Gasteiger partial charge is 0.126 e. The molecule has 0 saturated heterocycles. The second kappa shape index (κ2) is 5.30. The van der Waals surface area contributed by atoms with Gasteiger partial charge < -0.3 is 10.2 Å². The van der Waals surface area contributed by atoms with E-state index in [0.717, 1.165) is 47.6 Å². The lowest BCUT2D eigenvalue weighted by Gasteiger charge is -2.11. The second-order valence-electron chi connectivity index (χ2n) is 4.74. The number of aryl methyl sites for hydroxylation is 2. The zero-order valence-corrected chi connectivity index (χ0v) is 11.0. The van der Waals surface area contributed by atoms with Gasteiger partial charge in [0.2, 0.25) is 0 Å². The first-order valence-electron chi connectivity index (χ1n) is 6.64. The Morgan fingerprint density at radius 3 is 1.44 bits per heavy atom. The maximum absolute atomic E-state index is 10.2. The number of benzene rings is 2. The van der Waals surface area contributed by atoms with E-state index in [1.54, 1.807) is 0 Å². The van der Waals surface area contributed by atoms with Gasteiger partial charge in [-0.2, -0.15) is 0 Å². The summed E-state index contributed by atoms with van der Waals surface area (Å²) in [7, 11) is 0. The standard InChI is InChI=1S/C16H20O2/c1-3-5-11-7-9-14-13(15(11)17)10-8-12(6-4-2)16(14)18/h7-10,17-18H,3-6H2,1-2H3. The molecule has 2 rings (SSSR count). The zero-order valence-electron chi connectivity index (χ0n) is 11.0. The van der Waals surface area contributed by atoms with Crippen molar-refractivity contribution < 1.29 is 10.2 Å². The van der Waals surface area contributed by atoms with E-state index in [-0.39, 0.29) is 0 Å². The van der Waals surface area contributed by atoms with Crippen molar-refractivity contribution >= 4 is 10.8 Å². The van der Waals surface area contributed by atoms with Gasteiger partial charge in [0.25, 0.3) is 0 Å². The van der Waals surface area contributed by atoms with Crippen LogP contribution >= 0.6 is 0 Å². The molecule has 2 aromatic rings. The van der Waals surface area contributed by atoms with Crippen molar-refractivity contribution in [1.29, 1.82) is 0 Å². The summed E-state index contributed by atoms with van der Waals surface area (Å²) in [5.74, 6) is 0.625. The van der Waals surface area contributed by atoms with Crippen LogP contribution < -0.4 is 0 Å². The van der Waals surface area contributed by atoms with Gasteiger partial charge in [0.1, 0.15) is 11.5 Å². The number of phenolic OH excluding ortho intramolecular Hbond substituents is 2. The molecule has 0 bridgehead atoms. The Balaban J connectivity index is 2.60. The molecule has 0 aliphatic rings. The molecule has 0 amide bonds. The third-order valence-corrected chi connectivity index (χ3v) is 3.35. The predicted molar refractivity (Wildman–Crippen MR) is 75.3 cm³/mol. The Morgan fingerprint density at radius 2 is 1.11 bits per heavy atom. The van der Waals surface area contributed by atoms with Crippen LogP contribution in [0.25, 0.3) is 10.8 Å². The Morgan fingerprint density at radius 1 is 0.722 bits per heavy atom. The van der Waals surface area contributed by atoms with E-state index in [9.17, 15) is 10.2 Å². The zero-order chi connectivity index (χ0) is 13.1. The highest BCUT2D eigenvalue weighted by Gasteiger charge is 2.11. The van der Waals surface area contributed by atoms with Crippen LogP contribution in [0.4, 0.5) is 0 Å². The fourth-order valence-corrected chi connectivity index (χ4v) is 2.41. The third kappa shape index (κ3) is 2.15. The van der Waals surface area contributed by atoms with Crippen LogP contribution in [0.5, 0.6) is 11.5 Å². The SMILES string of the molecule is CCCc1ccc2c(O)c(CCC)ccc2c1O. The van der Waals surface area contributed by atoms with E-state index < -0.39 is 0 Å². The fourth-order valence-electron chi connectivity index (χ4n) is 2.41. The van der Waals surface area contributed by atoms with E-state index in [0.29, 0.717) is 11.5 Å².